The molecule has 1 aromatic carbocycles. The first-order valence-corrected chi connectivity index (χ1v) is 6.84. The molecule has 0 atom stereocenters. The van der Waals surface area contributed by atoms with Crippen molar-refractivity contribution in [3.8, 4) is 5.75 Å². The van der Waals surface area contributed by atoms with E-state index < -0.39 is 0 Å². The molecule has 0 amide bonds. The van der Waals surface area contributed by atoms with E-state index >= 15 is 0 Å². The van der Waals surface area contributed by atoms with Gasteiger partial charge in [0.1, 0.15) is 5.75 Å². The van der Waals surface area contributed by atoms with E-state index in [1.165, 1.54) is 6.42 Å². The molecule has 1 aromatic rings. The van der Waals surface area contributed by atoms with Gasteiger partial charge in [0.25, 0.3) is 0 Å². The van der Waals surface area contributed by atoms with Crippen molar-refractivity contribution in [1.82, 2.24) is 0 Å². The second-order valence-electron chi connectivity index (χ2n) is 5.50. The van der Waals surface area contributed by atoms with Crippen molar-refractivity contribution >= 4 is 11.6 Å². The van der Waals surface area contributed by atoms with E-state index in [1.807, 2.05) is 19.9 Å². The van der Waals surface area contributed by atoms with Crippen LogP contribution in [0.15, 0.2) is 6.07 Å². The highest BCUT2D eigenvalue weighted by molar-refractivity contribution is 6.32. The normalized spacial score (nSPS) is 17.4. The van der Waals surface area contributed by atoms with Crippen LogP contribution >= 0.6 is 11.6 Å². The first kappa shape index (κ1) is 13.7. The van der Waals surface area contributed by atoms with E-state index in [0.717, 1.165) is 46.7 Å². The van der Waals surface area contributed by atoms with Gasteiger partial charge in [-0.1, -0.05) is 18.0 Å². The molecule has 0 aromatic heterocycles. The molecule has 100 valence electrons. The summed E-state index contributed by atoms with van der Waals surface area (Å²) in [6.07, 6.45) is 4.26. The largest absolute Gasteiger partial charge is 0.496 e. The summed E-state index contributed by atoms with van der Waals surface area (Å²) >= 11 is 6.33. The lowest BCUT2D eigenvalue weighted by molar-refractivity contribution is 0.0443. The maximum absolute atomic E-state index is 9.60. The van der Waals surface area contributed by atoms with Crippen LogP contribution in [0, 0.1) is 19.3 Å². The molecule has 3 heteroatoms. The fraction of sp³-hybridized carbons (Fsp3) is 0.600. The standard InChI is InChI=1S/C15H21ClO2/c1-10-7-13(18-3)12(11(2)14(10)16)8-15(9-17)5-4-6-15/h7,17H,4-6,8-9H2,1-3H3. The summed E-state index contributed by atoms with van der Waals surface area (Å²) in [6.45, 7) is 4.28. The van der Waals surface area contributed by atoms with Crippen LogP contribution in [0.1, 0.15) is 36.0 Å². The second-order valence-corrected chi connectivity index (χ2v) is 5.88. The highest BCUT2D eigenvalue weighted by Crippen LogP contribution is 2.46. The first-order valence-electron chi connectivity index (χ1n) is 6.46. The zero-order valence-electron chi connectivity index (χ0n) is 11.3. The van der Waals surface area contributed by atoms with Crippen LogP contribution in [-0.2, 0) is 6.42 Å². The number of aliphatic hydroxyl groups is 1. The lowest BCUT2D eigenvalue weighted by atomic mass is 9.65. The molecule has 0 heterocycles. The Bertz CT molecular complexity index is 445. The summed E-state index contributed by atoms with van der Waals surface area (Å²) in [7, 11) is 1.69. The van der Waals surface area contributed by atoms with Crippen molar-refractivity contribution in [3.63, 3.8) is 0 Å². The first-order chi connectivity index (χ1) is 8.53. The third-order valence-corrected chi connectivity index (χ3v) is 4.88. The highest BCUT2D eigenvalue weighted by atomic mass is 35.5. The van der Waals surface area contributed by atoms with E-state index in [-0.39, 0.29) is 12.0 Å². The molecule has 0 spiro atoms. The SMILES string of the molecule is COc1cc(C)c(Cl)c(C)c1CC1(CO)CCC1. The smallest absolute Gasteiger partial charge is 0.122 e. The van der Waals surface area contributed by atoms with Gasteiger partial charge >= 0.3 is 0 Å². The molecule has 1 N–H and O–H groups in total. The van der Waals surface area contributed by atoms with Crippen LogP contribution in [0.3, 0.4) is 0 Å². The number of aryl methyl sites for hydroxylation is 1. The van der Waals surface area contributed by atoms with Gasteiger partial charge in [0.15, 0.2) is 0 Å². The quantitative estimate of drug-likeness (QED) is 0.903. The molecule has 0 aliphatic heterocycles. The summed E-state index contributed by atoms with van der Waals surface area (Å²) in [5.41, 5.74) is 3.34. The maximum Gasteiger partial charge on any atom is 0.122 e. The van der Waals surface area contributed by atoms with Crippen molar-refractivity contribution in [2.75, 3.05) is 13.7 Å². The molecular formula is C15H21ClO2. The molecular weight excluding hydrogens is 248 g/mol. The zero-order chi connectivity index (χ0) is 13.3. The number of hydrogen-bond acceptors (Lipinski definition) is 2. The Balaban J connectivity index is 2.40. The highest BCUT2D eigenvalue weighted by Gasteiger charge is 2.37. The van der Waals surface area contributed by atoms with Crippen LogP contribution in [0.4, 0.5) is 0 Å². The molecule has 0 radical (unpaired) electrons. The van der Waals surface area contributed by atoms with Crippen LogP contribution in [-0.4, -0.2) is 18.8 Å². The predicted octanol–water partition coefficient (Wildman–Crippen LogP) is 3.67. The Hall–Kier alpha value is -0.730. The van der Waals surface area contributed by atoms with Gasteiger partial charge in [0, 0.05) is 11.6 Å². The minimum atomic E-state index is 0.0522. The van der Waals surface area contributed by atoms with E-state index in [2.05, 4.69) is 0 Å². The predicted molar refractivity (Wildman–Crippen MR) is 74.6 cm³/mol. The van der Waals surface area contributed by atoms with Gasteiger partial charge in [-0.3, -0.25) is 0 Å². The summed E-state index contributed by atoms with van der Waals surface area (Å²) in [5, 5.41) is 10.4. The molecule has 1 aliphatic rings. The van der Waals surface area contributed by atoms with Gasteiger partial charge in [-0.2, -0.15) is 0 Å². The maximum atomic E-state index is 9.60. The van der Waals surface area contributed by atoms with Gasteiger partial charge < -0.3 is 9.84 Å². The van der Waals surface area contributed by atoms with Gasteiger partial charge in [-0.25, -0.2) is 0 Å². The molecule has 0 unspecified atom stereocenters. The van der Waals surface area contributed by atoms with Crippen LogP contribution < -0.4 is 4.74 Å². The molecule has 18 heavy (non-hydrogen) atoms. The van der Waals surface area contributed by atoms with E-state index in [1.54, 1.807) is 7.11 Å². The third kappa shape index (κ3) is 2.24. The molecule has 0 bridgehead atoms. The van der Waals surface area contributed by atoms with Crippen molar-refractivity contribution in [1.29, 1.82) is 0 Å². The van der Waals surface area contributed by atoms with Gasteiger partial charge in [-0.05, 0) is 61.3 Å². The van der Waals surface area contributed by atoms with Crippen LogP contribution in [0.5, 0.6) is 5.75 Å². The van der Waals surface area contributed by atoms with E-state index in [0.29, 0.717) is 0 Å². The van der Waals surface area contributed by atoms with Crippen molar-refractivity contribution in [3.05, 3.63) is 27.8 Å². The van der Waals surface area contributed by atoms with Crippen LogP contribution in [0.25, 0.3) is 0 Å². The molecule has 1 aliphatic carbocycles. The summed E-state index contributed by atoms with van der Waals surface area (Å²) in [5.74, 6) is 0.897. The third-order valence-electron chi connectivity index (χ3n) is 4.29. The average Bonchev–Trinajstić information content (AvgIpc) is 2.33. The lowest BCUT2D eigenvalue weighted by Crippen LogP contribution is -2.35. The number of halogens is 1. The van der Waals surface area contributed by atoms with E-state index in [4.69, 9.17) is 16.3 Å². The van der Waals surface area contributed by atoms with Crippen molar-refractivity contribution in [2.45, 2.75) is 39.5 Å². The topological polar surface area (TPSA) is 29.5 Å². The Morgan fingerprint density at radius 2 is 2.06 bits per heavy atom. The zero-order valence-corrected chi connectivity index (χ0v) is 12.1. The number of rotatable bonds is 4. The Morgan fingerprint density at radius 3 is 2.50 bits per heavy atom. The Kier molecular flexibility index (Phi) is 3.88. The summed E-state index contributed by atoms with van der Waals surface area (Å²) in [4.78, 5) is 0. The average molecular weight is 269 g/mol. The van der Waals surface area contributed by atoms with Gasteiger partial charge in [0.2, 0.25) is 0 Å². The number of benzene rings is 1. The van der Waals surface area contributed by atoms with Crippen molar-refractivity contribution < 1.29 is 9.84 Å². The number of ether oxygens (including phenoxy) is 1. The number of methoxy groups -OCH3 is 1. The molecule has 2 rings (SSSR count). The Labute approximate surface area is 114 Å². The van der Waals surface area contributed by atoms with Gasteiger partial charge in [-0.15, -0.1) is 0 Å². The number of hydrogen-bond donors (Lipinski definition) is 1. The fourth-order valence-corrected chi connectivity index (χ4v) is 2.97. The monoisotopic (exact) mass is 268 g/mol. The minimum absolute atomic E-state index is 0.0522. The van der Waals surface area contributed by atoms with Crippen molar-refractivity contribution in [2.24, 2.45) is 5.41 Å². The molecule has 2 nitrogen and oxygen atoms in total. The minimum Gasteiger partial charge on any atom is -0.496 e. The van der Waals surface area contributed by atoms with E-state index in [9.17, 15) is 5.11 Å². The van der Waals surface area contributed by atoms with Gasteiger partial charge in [0.05, 0.1) is 7.11 Å². The molecule has 1 fully saturated rings. The number of aliphatic hydroxyl groups excluding tert-OH is 1. The summed E-state index contributed by atoms with van der Waals surface area (Å²) in [6, 6.07) is 1.99. The molecule has 0 saturated heterocycles. The molecule has 1 saturated carbocycles. The fourth-order valence-electron chi connectivity index (χ4n) is 2.80. The summed E-state index contributed by atoms with van der Waals surface area (Å²) < 4.78 is 5.48. The Morgan fingerprint density at radius 1 is 1.39 bits per heavy atom. The lowest BCUT2D eigenvalue weighted by Gasteiger charge is -2.41. The second kappa shape index (κ2) is 5.10. The van der Waals surface area contributed by atoms with Crippen LogP contribution in [0.2, 0.25) is 5.02 Å².